The molecule has 0 radical (unpaired) electrons. The maximum Gasteiger partial charge on any atom is 0.135 e. The third kappa shape index (κ3) is 5.60. The standard InChI is InChI=1S/C21H24N4O2/c1-3-27-18-9-7-17(8-10-18)25-21-14-20(23-15-24-21)22-12-11-16-5-4-6-19(13-16)26-2/h4-10,13-15H,3,11-12H2,1-2H3,(H2,22,23,24,25). The summed E-state index contributed by atoms with van der Waals surface area (Å²) in [6.45, 7) is 3.39. The summed E-state index contributed by atoms with van der Waals surface area (Å²) in [5.74, 6) is 3.24. The highest BCUT2D eigenvalue weighted by atomic mass is 16.5. The van der Waals surface area contributed by atoms with E-state index in [-0.39, 0.29) is 0 Å². The van der Waals surface area contributed by atoms with Gasteiger partial charge in [0, 0.05) is 18.3 Å². The van der Waals surface area contributed by atoms with E-state index in [0.717, 1.165) is 41.8 Å². The van der Waals surface area contributed by atoms with Crippen molar-refractivity contribution >= 4 is 17.3 Å². The van der Waals surface area contributed by atoms with Gasteiger partial charge in [0.05, 0.1) is 13.7 Å². The highest BCUT2D eigenvalue weighted by molar-refractivity contribution is 5.59. The van der Waals surface area contributed by atoms with Crippen LogP contribution in [0.3, 0.4) is 0 Å². The number of benzene rings is 2. The molecule has 0 amide bonds. The first-order chi connectivity index (χ1) is 13.3. The Hall–Kier alpha value is -3.28. The highest BCUT2D eigenvalue weighted by Gasteiger charge is 2.01. The number of anilines is 3. The maximum atomic E-state index is 5.45. The van der Waals surface area contributed by atoms with Crippen LogP contribution in [0.4, 0.5) is 17.3 Å². The molecule has 2 aromatic carbocycles. The fraction of sp³-hybridized carbons (Fsp3) is 0.238. The van der Waals surface area contributed by atoms with Crippen molar-refractivity contribution in [3.05, 3.63) is 66.5 Å². The lowest BCUT2D eigenvalue weighted by Gasteiger charge is -2.10. The van der Waals surface area contributed by atoms with Gasteiger partial charge >= 0.3 is 0 Å². The lowest BCUT2D eigenvalue weighted by Crippen LogP contribution is -2.07. The van der Waals surface area contributed by atoms with Crippen LogP contribution in [0, 0.1) is 0 Å². The Bertz CT molecular complexity index is 853. The number of methoxy groups -OCH3 is 1. The van der Waals surface area contributed by atoms with E-state index in [1.807, 2.05) is 55.5 Å². The molecule has 0 aliphatic rings. The average molecular weight is 364 g/mol. The van der Waals surface area contributed by atoms with E-state index in [2.05, 4.69) is 26.7 Å². The largest absolute Gasteiger partial charge is 0.497 e. The van der Waals surface area contributed by atoms with E-state index in [0.29, 0.717) is 6.61 Å². The van der Waals surface area contributed by atoms with E-state index in [1.165, 1.54) is 5.56 Å². The van der Waals surface area contributed by atoms with Gasteiger partial charge in [-0.1, -0.05) is 12.1 Å². The molecule has 0 aliphatic heterocycles. The lowest BCUT2D eigenvalue weighted by molar-refractivity contribution is 0.340. The van der Waals surface area contributed by atoms with Gasteiger partial charge in [-0.3, -0.25) is 0 Å². The van der Waals surface area contributed by atoms with E-state index in [1.54, 1.807) is 13.4 Å². The Morgan fingerprint density at radius 2 is 1.74 bits per heavy atom. The molecular formula is C21H24N4O2. The van der Waals surface area contributed by atoms with E-state index in [4.69, 9.17) is 9.47 Å². The van der Waals surface area contributed by atoms with Crippen LogP contribution in [0.15, 0.2) is 60.9 Å². The Kier molecular flexibility index (Phi) is 6.46. The number of hydrogen-bond acceptors (Lipinski definition) is 6. The number of ether oxygens (including phenoxy) is 2. The van der Waals surface area contributed by atoms with E-state index < -0.39 is 0 Å². The Morgan fingerprint density at radius 3 is 2.52 bits per heavy atom. The van der Waals surface area contributed by atoms with Crippen molar-refractivity contribution in [2.75, 3.05) is 30.9 Å². The van der Waals surface area contributed by atoms with Gasteiger partial charge < -0.3 is 20.1 Å². The minimum absolute atomic E-state index is 0.656. The smallest absolute Gasteiger partial charge is 0.135 e. The van der Waals surface area contributed by atoms with Crippen molar-refractivity contribution in [3.8, 4) is 11.5 Å². The van der Waals surface area contributed by atoms with Gasteiger partial charge in [-0.2, -0.15) is 0 Å². The lowest BCUT2D eigenvalue weighted by atomic mass is 10.1. The molecule has 0 fully saturated rings. The van der Waals surface area contributed by atoms with Gasteiger partial charge in [0.1, 0.15) is 29.5 Å². The van der Waals surface area contributed by atoms with Crippen molar-refractivity contribution in [2.24, 2.45) is 0 Å². The fourth-order valence-corrected chi connectivity index (χ4v) is 2.63. The average Bonchev–Trinajstić information content (AvgIpc) is 2.70. The first-order valence-electron chi connectivity index (χ1n) is 8.95. The summed E-state index contributed by atoms with van der Waals surface area (Å²) in [6.07, 6.45) is 2.42. The molecule has 140 valence electrons. The summed E-state index contributed by atoms with van der Waals surface area (Å²) in [4.78, 5) is 8.55. The first-order valence-corrected chi connectivity index (χ1v) is 8.95. The molecule has 0 saturated heterocycles. The Balaban J connectivity index is 1.55. The Labute approximate surface area is 159 Å². The van der Waals surface area contributed by atoms with Crippen molar-refractivity contribution < 1.29 is 9.47 Å². The second kappa shape index (κ2) is 9.43. The Morgan fingerprint density at radius 1 is 0.926 bits per heavy atom. The number of rotatable bonds is 9. The number of nitrogens with one attached hydrogen (secondary N) is 2. The summed E-state index contributed by atoms with van der Waals surface area (Å²) < 4.78 is 10.7. The zero-order chi connectivity index (χ0) is 18.9. The van der Waals surface area contributed by atoms with Crippen molar-refractivity contribution in [1.29, 1.82) is 0 Å². The van der Waals surface area contributed by atoms with Gasteiger partial charge in [-0.05, 0) is 55.3 Å². The molecule has 0 aliphatic carbocycles. The zero-order valence-electron chi connectivity index (χ0n) is 15.6. The van der Waals surface area contributed by atoms with Gasteiger partial charge in [0.25, 0.3) is 0 Å². The molecule has 3 aromatic rings. The van der Waals surface area contributed by atoms with Crippen molar-refractivity contribution in [1.82, 2.24) is 9.97 Å². The van der Waals surface area contributed by atoms with Crippen LogP contribution in [-0.2, 0) is 6.42 Å². The van der Waals surface area contributed by atoms with E-state index >= 15 is 0 Å². The predicted molar refractivity (Wildman–Crippen MR) is 108 cm³/mol. The van der Waals surface area contributed by atoms with Crippen LogP contribution < -0.4 is 20.1 Å². The van der Waals surface area contributed by atoms with Crippen LogP contribution in [0.1, 0.15) is 12.5 Å². The van der Waals surface area contributed by atoms with Gasteiger partial charge in [-0.25, -0.2) is 9.97 Å². The molecule has 3 rings (SSSR count). The monoisotopic (exact) mass is 364 g/mol. The molecule has 0 saturated carbocycles. The topological polar surface area (TPSA) is 68.3 Å². The predicted octanol–water partition coefficient (Wildman–Crippen LogP) is 4.28. The molecule has 0 spiro atoms. The molecule has 0 atom stereocenters. The van der Waals surface area contributed by atoms with Crippen LogP contribution in [0.25, 0.3) is 0 Å². The molecule has 1 heterocycles. The molecule has 27 heavy (non-hydrogen) atoms. The van der Waals surface area contributed by atoms with Gasteiger partial charge in [-0.15, -0.1) is 0 Å². The SMILES string of the molecule is CCOc1ccc(Nc2cc(NCCc3cccc(OC)c3)ncn2)cc1. The minimum Gasteiger partial charge on any atom is -0.497 e. The number of aromatic nitrogens is 2. The van der Waals surface area contributed by atoms with Gasteiger partial charge in [0.2, 0.25) is 0 Å². The van der Waals surface area contributed by atoms with Crippen molar-refractivity contribution in [2.45, 2.75) is 13.3 Å². The molecule has 0 bridgehead atoms. The summed E-state index contributed by atoms with van der Waals surface area (Å²) >= 11 is 0. The fourth-order valence-electron chi connectivity index (χ4n) is 2.63. The van der Waals surface area contributed by atoms with Crippen LogP contribution in [0.2, 0.25) is 0 Å². The quantitative estimate of drug-likeness (QED) is 0.591. The van der Waals surface area contributed by atoms with Gasteiger partial charge in [0.15, 0.2) is 0 Å². The summed E-state index contributed by atoms with van der Waals surface area (Å²) in [5.41, 5.74) is 2.16. The summed E-state index contributed by atoms with van der Waals surface area (Å²) in [7, 11) is 1.68. The van der Waals surface area contributed by atoms with Crippen LogP contribution >= 0.6 is 0 Å². The first kappa shape index (κ1) is 18.5. The number of hydrogen-bond donors (Lipinski definition) is 2. The minimum atomic E-state index is 0.656. The summed E-state index contributed by atoms with van der Waals surface area (Å²) in [5, 5.41) is 6.60. The second-order valence-electron chi connectivity index (χ2n) is 5.90. The molecule has 6 nitrogen and oxygen atoms in total. The number of nitrogens with zero attached hydrogens (tertiary/aromatic N) is 2. The van der Waals surface area contributed by atoms with Crippen LogP contribution in [-0.4, -0.2) is 30.2 Å². The molecule has 2 N–H and O–H groups in total. The summed E-state index contributed by atoms with van der Waals surface area (Å²) in [6, 6.07) is 17.7. The third-order valence-electron chi connectivity index (χ3n) is 3.96. The zero-order valence-corrected chi connectivity index (χ0v) is 15.6. The molecular weight excluding hydrogens is 340 g/mol. The third-order valence-corrected chi connectivity index (χ3v) is 3.96. The maximum absolute atomic E-state index is 5.45. The normalized spacial score (nSPS) is 10.3. The van der Waals surface area contributed by atoms with E-state index in [9.17, 15) is 0 Å². The molecule has 6 heteroatoms. The van der Waals surface area contributed by atoms with Crippen molar-refractivity contribution in [3.63, 3.8) is 0 Å². The highest BCUT2D eigenvalue weighted by Crippen LogP contribution is 2.20. The van der Waals surface area contributed by atoms with Crippen LogP contribution in [0.5, 0.6) is 11.5 Å². The second-order valence-corrected chi connectivity index (χ2v) is 5.90. The molecule has 0 unspecified atom stereocenters. The molecule has 1 aromatic heterocycles.